The fourth-order valence-corrected chi connectivity index (χ4v) is 4.13. The molecular formula is C19H22N4O3S. The van der Waals surface area contributed by atoms with Crippen molar-refractivity contribution in [2.24, 2.45) is 0 Å². The molecule has 142 valence electrons. The first-order valence-corrected chi connectivity index (χ1v) is 9.88. The van der Waals surface area contributed by atoms with Crippen molar-refractivity contribution in [2.75, 3.05) is 23.7 Å². The number of anilines is 2. The number of hydrogen-bond acceptors (Lipinski definition) is 6. The van der Waals surface area contributed by atoms with Gasteiger partial charge >= 0.3 is 0 Å². The average Bonchev–Trinajstić information content (AvgIpc) is 3.03. The van der Waals surface area contributed by atoms with Gasteiger partial charge in [0.2, 0.25) is 11.7 Å². The fraction of sp³-hybridized carbons (Fsp3) is 0.263. The van der Waals surface area contributed by atoms with Crippen LogP contribution in [0.4, 0.5) is 11.4 Å². The molecule has 2 aromatic carbocycles. The van der Waals surface area contributed by atoms with E-state index in [1.165, 1.54) is 0 Å². The highest BCUT2D eigenvalue weighted by Gasteiger charge is 2.20. The van der Waals surface area contributed by atoms with Crippen molar-refractivity contribution < 1.29 is 12.9 Å². The lowest BCUT2D eigenvalue weighted by Gasteiger charge is -2.18. The zero-order valence-electron chi connectivity index (χ0n) is 15.9. The summed E-state index contributed by atoms with van der Waals surface area (Å²) >= 11 is 0. The number of hydrogen-bond donors (Lipinski definition) is 1. The van der Waals surface area contributed by atoms with Gasteiger partial charge in [-0.25, -0.2) is 8.42 Å². The van der Waals surface area contributed by atoms with Crippen LogP contribution in [0.1, 0.15) is 17.0 Å². The molecule has 1 aromatic heterocycles. The van der Waals surface area contributed by atoms with Gasteiger partial charge in [-0.1, -0.05) is 23.4 Å². The van der Waals surface area contributed by atoms with E-state index in [2.05, 4.69) is 14.9 Å². The molecule has 27 heavy (non-hydrogen) atoms. The van der Waals surface area contributed by atoms with Crippen LogP contribution in [-0.2, 0) is 10.0 Å². The van der Waals surface area contributed by atoms with Gasteiger partial charge in [-0.2, -0.15) is 4.98 Å². The molecule has 0 amide bonds. The lowest BCUT2D eigenvalue weighted by molar-refractivity contribution is 0.394. The summed E-state index contributed by atoms with van der Waals surface area (Å²) in [5.74, 6) is 0.776. The number of sulfonamides is 1. The Morgan fingerprint density at radius 1 is 1.00 bits per heavy atom. The van der Waals surface area contributed by atoms with E-state index in [1.54, 1.807) is 38.1 Å². The topological polar surface area (TPSA) is 88.3 Å². The second-order valence-corrected chi connectivity index (χ2v) is 8.27. The highest BCUT2D eigenvalue weighted by molar-refractivity contribution is 7.92. The van der Waals surface area contributed by atoms with Gasteiger partial charge in [0.05, 0.1) is 10.6 Å². The predicted octanol–water partition coefficient (Wildman–Crippen LogP) is 3.53. The molecule has 0 radical (unpaired) electrons. The lowest BCUT2D eigenvalue weighted by atomic mass is 10.1. The van der Waals surface area contributed by atoms with Gasteiger partial charge in [-0.05, 0) is 43.2 Å². The molecule has 0 saturated carbocycles. The van der Waals surface area contributed by atoms with Gasteiger partial charge in [0.25, 0.3) is 10.0 Å². The Kier molecular flexibility index (Phi) is 4.93. The van der Waals surface area contributed by atoms with E-state index < -0.39 is 10.0 Å². The molecule has 3 aromatic rings. The third-order valence-electron chi connectivity index (χ3n) is 4.21. The molecule has 0 atom stereocenters. The number of rotatable bonds is 5. The van der Waals surface area contributed by atoms with Crippen molar-refractivity contribution >= 4 is 21.4 Å². The van der Waals surface area contributed by atoms with Crippen LogP contribution >= 0.6 is 0 Å². The molecular weight excluding hydrogens is 364 g/mol. The molecule has 0 fully saturated rings. The van der Waals surface area contributed by atoms with Gasteiger partial charge in [0.15, 0.2) is 0 Å². The Morgan fingerprint density at radius 3 is 2.33 bits per heavy atom. The van der Waals surface area contributed by atoms with E-state index in [1.807, 2.05) is 38.1 Å². The molecule has 0 bridgehead atoms. The number of aromatic nitrogens is 2. The van der Waals surface area contributed by atoms with E-state index in [-0.39, 0.29) is 4.90 Å². The molecule has 8 heteroatoms. The van der Waals surface area contributed by atoms with Crippen LogP contribution in [0.25, 0.3) is 11.4 Å². The molecule has 0 aliphatic rings. The Hall–Kier alpha value is -2.87. The molecule has 0 saturated heterocycles. The fourth-order valence-electron chi connectivity index (χ4n) is 2.81. The standard InChI is InChI=1S/C19H22N4O3S/c1-12-7-9-16(11-17(12)23(4)5)22-27(24,25)18-10-15(8-6-13(18)2)19-20-14(3)26-21-19/h6-11,22H,1-5H3. The van der Waals surface area contributed by atoms with Crippen LogP contribution in [0, 0.1) is 20.8 Å². The first kappa shape index (κ1) is 18.9. The van der Waals surface area contributed by atoms with E-state index in [0.29, 0.717) is 28.5 Å². The maximum absolute atomic E-state index is 13.0. The largest absolute Gasteiger partial charge is 0.377 e. The van der Waals surface area contributed by atoms with Crippen LogP contribution in [-0.4, -0.2) is 32.7 Å². The van der Waals surface area contributed by atoms with Gasteiger partial charge in [0, 0.05) is 32.3 Å². The third kappa shape index (κ3) is 3.95. The summed E-state index contributed by atoms with van der Waals surface area (Å²) < 4.78 is 33.6. The van der Waals surface area contributed by atoms with E-state index in [9.17, 15) is 8.42 Å². The normalized spacial score (nSPS) is 11.4. The second-order valence-electron chi connectivity index (χ2n) is 6.62. The van der Waals surface area contributed by atoms with Crippen LogP contribution < -0.4 is 9.62 Å². The summed E-state index contributed by atoms with van der Waals surface area (Å²) in [7, 11) is 0.0579. The van der Waals surface area contributed by atoms with Crippen LogP contribution in [0.2, 0.25) is 0 Å². The summed E-state index contributed by atoms with van der Waals surface area (Å²) in [6, 6.07) is 10.5. The smallest absolute Gasteiger partial charge is 0.262 e. The Bertz CT molecular complexity index is 1090. The summed E-state index contributed by atoms with van der Waals surface area (Å²) in [5.41, 5.74) is 3.73. The first-order chi connectivity index (χ1) is 12.7. The number of nitrogens with zero attached hydrogens (tertiary/aromatic N) is 3. The Balaban J connectivity index is 1.99. The monoisotopic (exact) mass is 386 g/mol. The van der Waals surface area contributed by atoms with Crippen molar-refractivity contribution in [1.29, 1.82) is 0 Å². The molecule has 0 spiro atoms. The minimum Gasteiger partial charge on any atom is -0.377 e. The van der Waals surface area contributed by atoms with Crippen molar-refractivity contribution in [1.82, 2.24) is 10.1 Å². The van der Waals surface area contributed by atoms with Crippen molar-refractivity contribution in [3.8, 4) is 11.4 Å². The van der Waals surface area contributed by atoms with Crippen molar-refractivity contribution in [2.45, 2.75) is 25.7 Å². The summed E-state index contributed by atoms with van der Waals surface area (Å²) in [5, 5.41) is 3.86. The minimum absolute atomic E-state index is 0.175. The number of benzene rings is 2. The highest BCUT2D eigenvalue weighted by atomic mass is 32.2. The zero-order chi connectivity index (χ0) is 19.8. The third-order valence-corrected chi connectivity index (χ3v) is 5.73. The summed E-state index contributed by atoms with van der Waals surface area (Å²) in [6.07, 6.45) is 0. The van der Waals surface area contributed by atoms with E-state index in [0.717, 1.165) is 11.3 Å². The quantitative estimate of drug-likeness (QED) is 0.722. The van der Waals surface area contributed by atoms with Crippen molar-refractivity contribution in [3.05, 3.63) is 53.4 Å². The van der Waals surface area contributed by atoms with Crippen LogP contribution in [0.5, 0.6) is 0 Å². The summed E-state index contributed by atoms with van der Waals surface area (Å²) in [4.78, 5) is 6.28. The molecule has 0 aliphatic heterocycles. The van der Waals surface area contributed by atoms with Crippen molar-refractivity contribution in [3.63, 3.8) is 0 Å². The Labute approximate surface area is 159 Å². The van der Waals surface area contributed by atoms with Crippen LogP contribution in [0.3, 0.4) is 0 Å². The van der Waals surface area contributed by atoms with E-state index in [4.69, 9.17) is 4.52 Å². The molecule has 1 N–H and O–H groups in total. The minimum atomic E-state index is -3.78. The van der Waals surface area contributed by atoms with E-state index >= 15 is 0 Å². The second kappa shape index (κ2) is 7.03. The number of aryl methyl sites for hydroxylation is 3. The lowest BCUT2D eigenvalue weighted by Crippen LogP contribution is -2.16. The molecule has 3 rings (SSSR count). The van der Waals surface area contributed by atoms with Gasteiger partial charge in [-0.15, -0.1) is 0 Å². The van der Waals surface area contributed by atoms with Gasteiger partial charge in [-0.3, -0.25) is 4.72 Å². The SMILES string of the molecule is Cc1nc(-c2ccc(C)c(S(=O)(=O)Nc3ccc(C)c(N(C)C)c3)c2)no1. The van der Waals surface area contributed by atoms with Gasteiger partial charge in [0.1, 0.15) is 0 Å². The van der Waals surface area contributed by atoms with Gasteiger partial charge < -0.3 is 9.42 Å². The Morgan fingerprint density at radius 2 is 1.70 bits per heavy atom. The predicted molar refractivity (Wildman–Crippen MR) is 106 cm³/mol. The number of nitrogens with one attached hydrogen (secondary N) is 1. The molecule has 0 aliphatic carbocycles. The zero-order valence-corrected chi connectivity index (χ0v) is 16.8. The maximum Gasteiger partial charge on any atom is 0.262 e. The molecule has 1 heterocycles. The first-order valence-electron chi connectivity index (χ1n) is 8.39. The van der Waals surface area contributed by atoms with Crippen LogP contribution in [0.15, 0.2) is 45.8 Å². The maximum atomic E-state index is 13.0. The summed E-state index contributed by atoms with van der Waals surface area (Å²) in [6.45, 7) is 5.41. The average molecular weight is 386 g/mol. The molecule has 7 nitrogen and oxygen atoms in total. The highest BCUT2D eigenvalue weighted by Crippen LogP contribution is 2.27. The molecule has 0 unspecified atom stereocenters.